The zero-order valence-electron chi connectivity index (χ0n) is 16.0. The number of allylic oxidation sites excluding steroid dienone is 4. The number of hydrogen-bond donors (Lipinski definition) is 1. The van der Waals surface area contributed by atoms with Crippen molar-refractivity contribution in [2.45, 2.75) is 0 Å². The summed E-state index contributed by atoms with van der Waals surface area (Å²) in [7, 11) is 3.64. The van der Waals surface area contributed by atoms with Gasteiger partial charge in [-0.05, 0) is 40.8 Å². The number of carbonyl (C=O) groups excluding carboxylic acids is 1. The van der Waals surface area contributed by atoms with Crippen LogP contribution < -0.4 is 15.1 Å². The molecule has 0 bridgehead atoms. The zero-order valence-corrected chi connectivity index (χ0v) is 17.6. The first-order valence-corrected chi connectivity index (χ1v) is 10.5. The lowest BCUT2D eigenvalue weighted by Gasteiger charge is -2.21. The monoisotopic (exact) mass is 411 g/mol. The van der Waals surface area contributed by atoms with Crippen molar-refractivity contribution in [3.63, 3.8) is 0 Å². The van der Waals surface area contributed by atoms with Crippen molar-refractivity contribution in [2.24, 2.45) is 0 Å². The lowest BCUT2D eigenvalue weighted by atomic mass is 10.3. The molecule has 1 amide bonds. The number of rotatable bonds is 6. The van der Waals surface area contributed by atoms with E-state index >= 15 is 0 Å². The van der Waals surface area contributed by atoms with Gasteiger partial charge in [0.15, 0.2) is 5.82 Å². The molecule has 3 heterocycles. The smallest absolute Gasteiger partial charge is 0.270 e. The maximum Gasteiger partial charge on any atom is 0.270 e. The predicted octanol–water partition coefficient (Wildman–Crippen LogP) is 4.81. The second-order valence-corrected chi connectivity index (χ2v) is 7.80. The fourth-order valence-electron chi connectivity index (χ4n) is 2.66. The molecule has 0 radical (unpaired) electrons. The second kappa shape index (κ2) is 8.45. The molecule has 1 N–H and O–H groups in total. The Morgan fingerprint density at radius 1 is 1.29 bits per heavy atom. The van der Waals surface area contributed by atoms with E-state index in [0.29, 0.717) is 22.3 Å². The third-order valence-corrected chi connectivity index (χ3v) is 5.75. The van der Waals surface area contributed by atoms with Crippen molar-refractivity contribution in [2.75, 3.05) is 35.5 Å². The SMILES string of the molecule is C=C/C=C(\C=C/C(=C)SC)Nc1ncc2c(n1)N(C)c1ccsc1C(=O)N2C. The summed E-state index contributed by atoms with van der Waals surface area (Å²) >= 11 is 2.99. The second-order valence-electron chi connectivity index (χ2n) is 5.95. The summed E-state index contributed by atoms with van der Waals surface area (Å²) in [6.45, 7) is 7.69. The molecule has 2 aromatic heterocycles. The Hall–Kier alpha value is -2.84. The predicted molar refractivity (Wildman–Crippen MR) is 121 cm³/mol. The minimum atomic E-state index is -0.0642. The van der Waals surface area contributed by atoms with E-state index in [4.69, 9.17) is 0 Å². The maximum absolute atomic E-state index is 12.7. The van der Waals surface area contributed by atoms with Crippen LogP contribution in [0.25, 0.3) is 0 Å². The van der Waals surface area contributed by atoms with Crippen LogP contribution in [0, 0.1) is 0 Å². The number of amides is 1. The third-order valence-electron chi connectivity index (χ3n) is 4.20. The molecule has 0 aliphatic carbocycles. The Bertz CT molecular complexity index is 992. The van der Waals surface area contributed by atoms with E-state index in [1.165, 1.54) is 11.3 Å². The van der Waals surface area contributed by atoms with Crippen LogP contribution in [-0.4, -0.2) is 36.2 Å². The van der Waals surface area contributed by atoms with Gasteiger partial charge >= 0.3 is 0 Å². The first-order valence-electron chi connectivity index (χ1n) is 8.43. The van der Waals surface area contributed by atoms with Crippen LogP contribution in [0.5, 0.6) is 0 Å². The molecule has 6 nitrogen and oxygen atoms in total. The van der Waals surface area contributed by atoms with Crippen molar-refractivity contribution in [3.05, 3.63) is 70.6 Å². The van der Waals surface area contributed by atoms with Crippen LogP contribution in [0.4, 0.5) is 23.1 Å². The number of hydrogen-bond acceptors (Lipinski definition) is 7. The average Bonchev–Trinajstić information content (AvgIpc) is 3.17. The summed E-state index contributed by atoms with van der Waals surface area (Å²) in [6.07, 6.45) is 11.0. The summed E-state index contributed by atoms with van der Waals surface area (Å²) in [6, 6.07) is 1.93. The van der Waals surface area contributed by atoms with E-state index in [-0.39, 0.29) is 5.91 Å². The Labute approximate surface area is 173 Å². The summed E-state index contributed by atoms with van der Waals surface area (Å²) in [5.74, 6) is 1.02. The van der Waals surface area contributed by atoms with Gasteiger partial charge in [-0.3, -0.25) is 4.79 Å². The molecule has 1 aliphatic rings. The Morgan fingerprint density at radius 2 is 2.07 bits per heavy atom. The molecular weight excluding hydrogens is 390 g/mol. The van der Waals surface area contributed by atoms with Crippen molar-refractivity contribution >= 4 is 52.1 Å². The van der Waals surface area contributed by atoms with Gasteiger partial charge in [0.2, 0.25) is 5.95 Å². The maximum atomic E-state index is 12.7. The highest BCUT2D eigenvalue weighted by Gasteiger charge is 2.30. The number of thioether (sulfide) groups is 1. The number of anilines is 4. The Balaban J connectivity index is 1.97. The molecule has 0 saturated heterocycles. The molecule has 144 valence electrons. The topological polar surface area (TPSA) is 61.4 Å². The van der Waals surface area contributed by atoms with Gasteiger partial charge in [-0.2, -0.15) is 4.98 Å². The molecule has 0 atom stereocenters. The fourth-order valence-corrected chi connectivity index (χ4v) is 3.76. The van der Waals surface area contributed by atoms with E-state index in [0.717, 1.165) is 16.3 Å². The van der Waals surface area contributed by atoms with Crippen molar-refractivity contribution in [3.8, 4) is 0 Å². The molecule has 0 fully saturated rings. The van der Waals surface area contributed by atoms with Gasteiger partial charge in [0.25, 0.3) is 5.91 Å². The molecule has 0 unspecified atom stereocenters. The molecule has 8 heteroatoms. The number of carbonyl (C=O) groups is 1. The van der Waals surface area contributed by atoms with E-state index in [2.05, 4.69) is 28.4 Å². The molecule has 0 saturated carbocycles. The van der Waals surface area contributed by atoms with Gasteiger partial charge in [-0.1, -0.05) is 19.2 Å². The molecule has 0 spiro atoms. The molecule has 2 aromatic rings. The van der Waals surface area contributed by atoms with Crippen molar-refractivity contribution in [1.82, 2.24) is 9.97 Å². The summed E-state index contributed by atoms with van der Waals surface area (Å²) < 4.78 is 0. The highest BCUT2D eigenvalue weighted by Crippen LogP contribution is 2.40. The van der Waals surface area contributed by atoms with Crippen LogP contribution in [0.2, 0.25) is 0 Å². The standard InChI is InChI=1S/C20H21N5OS2/c1-6-7-14(9-8-13(2)27-5)22-20-21-12-16-18(23-20)24(3)15-10-11-28-17(15)19(26)25(16)4/h6-12H,1-2H2,3-5H3,(H,21,22,23)/b9-8-,14-7+. The lowest BCUT2D eigenvalue weighted by molar-refractivity contribution is 0.0998. The molecule has 28 heavy (non-hydrogen) atoms. The van der Waals surface area contributed by atoms with Crippen molar-refractivity contribution in [1.29, 1.82) is 0 Å². The van der Waals surface area contributed by atoms with Gasteiger partial charge in [0.05, 0.1) is 11.9 Å². The van der Waals surface area contributed by atoms with Crippen LogP contribution in [-0.2, 0) is 0 Å². The van der Waals surface area contributed by atoms with Gasteiger partial charge in [-0.15, -0.1) is 23.1 Å². The van der Waals surface area contributed by atoms with Crippen LogP contribution in [0.3, 0.4) is 0 Å². The number of thiophene rings is 1. The summed E-state index contributed by atoms with van der Waals surface area (Å²) in [4.78, 5) is 26.9. The van der Waals surface area contributed by atoms with E-state index in [9.17, 15) is 4.79 Å². The Kier molecular flexibility index (Phi) is 6.01. The summed E-state index contributed by atoms with van der Waals surface area (Å²) in [5.41, 5.74) is 2.27. The minimum absolute atomic E-state index is 0.0642. The Morgan fingerprint density at radius 3 is 2.79 bits per heavy atom. The first kappa shape index (κ1) is 19.9. The quantitative estimate of drug-likeness (QED) is 0.688. The first-order chi connectivity index (χ1) is 13.5. The zero-order chi connectivity index (χ0) is 20.3. The van der Waals surface area contributed by atoms with Crippen LogP contribution in [0.15, 0.2) is 65.7 Å². The fraction of sp³-hybridized carbons (Fsp3) is 0.150. The average molecular weight is 412 g/mol. The highest BCUT2D eigenvalue weighted by atomic mass is 32.2. The lowest BCUT2D eigenvalue weighted by Crippen LogP contribution is -2.25. The molecule has 1 aliphatic heterocycles. The van der Waals surface area contributed by atoms with Gasteiger partial charge in [-0.25, -0.2) is 4.98 Å². The largest absolute Gasteiger partial charge is 0.326 e. The van der Waals surface area contributed by atoms with Crippen molar-refractivity contribution < 1.29 is 4.79 Å². The number of aromatic nitrogens is 2. The van der Waals surface area contributed by atoms with Gasteiger partial charge < -0.3 is 15.1 Å². The molecular formula is C20H21N5OS2. The van der Waals surface area contributed by atoms with E-state index in [1.54, 1.807) is 36.0 Å². The third kappa shape index (κ3) is 3.88. The molecule has 0 aromatic carbocycles. The number of nitrogens with zero attached hydrogens (tertiary/aromatic N) is 4. The van der Waals surface area contributed by atoms with Gasteiger partial charge in [0, 0.05) is 19.8 Å². The summed E-state index contributed by atoms with van der Waals surface area (Å²) in [5, 5.41) is 5.11. The number of nitrogens with one attached hydrogen (secondary N) is 1. The normalized spacial score (nSPS) is 14.0. The highest BCUT2D eigenvalue weighted by molar-refractivity contribution is 8.02. The minimum Gasteiger partial charge on any atom is -0.326 e. The van der Waals surface area contributed by atoms with Gasteiger partial charge in [0.1, 0.15) is 10.6 Å². The number of fused-ring (bicyclic) bond motifs is 2. The van der Waals surface area contributed by atoms with E-state index in [1.807, 2.05) is 47.9 Å². The van der Waals surface area contributed by atoms with E-state index < -0.39 is 0 Å². The molecule has 3 rings (SSSR count). The van der Waals surface area contributed by atoms with Crippen LogP contribution >= 0.6 is 23.1 Å². The van der Waals surface area contributed by atoms with Crippen LogP contribution in [0.1, 0.15) is 9.67 Å².